The Hall–Kier alpha value is -2.33. The lowest BCUT2D eigenvalue weighted by Crippen LogP contribution is -2.09. The standard InChI is InChI=1S/C16H14O4/c17-14(11-4-2-1-3-5-11)9-19-12-6-7-13-15(18)10-20-16(13)8-12/h1-8,14,17H,9-10H2. The number of benzene rings is 2. The third-order valence-electron chi connectivity index (χ3n) is 3.20. The second-order valence-electron chi connectivity index (χ2n) is 4.61. The van der Waals surface area contributed by atoms with Gasteiger partial charge < -0.3 is 14.6 Å². The van der Waals surface area contributed by atoms with Crippen molar-refractivity contribution in [1.29, 1.82) is 0 Å². The van der Waals surface area contributed by atoms with Crippen molar-refractivity contribution in [3.05, 3.63) is 59.7 Å². The van der Waals surface area contributed by atoms with Crippen LogP contribution in [0.4, 0.5) is 0 Å². The van der Waals surface area contributed by atoms with Crippen molar-refractivity contribution in [3.63, 3.8) is 0 Å². The van der Waals surface area contributed by atoms with Crippen molar-refractivity contribution in [2.24, 2.45) is 0 Å². The summed E-state index contributed by atoms with van der Waals surface area (Å²) >= 11 is 0. The summed E-state index contributed by atoms with van der Waals surface area (Å²) in [6.07, 6.45) is -0.688. The number of aliphatic hydroxyl groups is 1. The first-order valence-electron chi connectivity index (χ1n) is 6.40. The van der Waals surface area contributed by atoms with Crippen molar-refractivity contribution < 1.29 is 19.4 Å². The highest BCUT2D eigenvalue weighted by Crippen LogP contribution is 2.29. The van der Waals surface area contributed by atoms with Crippen molar-refractivity contribution in [1.82, 2.24) is 0 Å². The Balaban J connectivity index is 1.66. The molecule has 1 heterocycles. The zero-order valence-corrected chi connectivity index (χ0v) is 10.8. The van der Waals surface area contributed by atoms with Crippen LogP contribution in [0.15, 0.2) is 48.5 Å². The molecule has 102 valence electrons. The van der Waals surface area contributed by atoms with Crippen LogP contribution in [0.1, 0.15) is 22.0 Å². The topological polar surface area (TPSA) is 55.8 Å². The number of aliphatic hydroxyl groups excluding tert-OH is 1. The summed E-state index contributed by atoms with van der Waals surface area (Å²) in [6.45, 7) is 0.238. The molecule has 2 aromatic rings. The quantitative estimate of drug-likeness (QED) is 0.926. The molecule has 0 amide bonds. The van der Waals surface area contributed by atoms with Crippen molar-refractivity contribution in [2.45, 2.75) is 6.10 Å². The number of fused-ring (bicyclic) bond motifs is 1. The minimum absolute atomic E-state index is 0.0177. The number of rotatable bonds is 4. The van der Waals surface area contributed by atoms with E-state index in [-0.39, 0.29) is 19.0 Å². The van der Waals surface area contributed by atoms with Crippen LogP contribution < -0.4 is 9.47 Å². The Morgan fingerprint density at radius 2 is 2.00 bits per heavy atom. The summed E-state index contributed by atoms with van der Waals surface area (Å²) in [5.74, 6) is 1.10. The van der Waals surface area contributed by atoms with Crippen LogP contribution in [-0.2, 0) is 0 Å². The Kier molecular flexibility index (Phi) is 3.39. The van der Waals surface area contributed by atoms with Gasteiger partial charge in [-0.3, -0.25) is 4.79 Å². The first-order valence-corrected chi connectivity index (χ1v) is 6.40. The SMILES string of the molecule is O=C1COc2cc(OCC(O)c3ccccc3)ccc21. The Labute approximate surface area is 116 Å². The van der Waals surface area contributed by atoms with Gasteiger partial charge in [0, 0.05) is 6.07 Å². The number of ether oxygens (including phenoxy) is 2. The fraction of sp³-hybridized carbons (Fsp3) is 0.188. The number of carbonyl (C=O) groups is 1. The molecule has 1 aliphatic heterocycles. The molecule has 0 saturated carbocycles. The molecule has 1 unspecified atom stereocenters. The number of Topliss-reactive ketones (excluding diaryl/α,β-unsaturated/α-hetero) is 1. The van der Waals surface area contributed by atoms with Crippen LogP contribution in [0.5, 0.6) is 11.5 Å². The molecule has 0 aliphatic carbocycles. The summed E-state index contributed by atoms with van der Waals surface area (Å²) in [6, 6.07) is 14.4. The van der Waals surface area contributed by atoms with E-state index in [9.17, 15) is 9.90 Å². The average Bonchev–Trinajstić information content (AvgIpc) is 2.87. The molecular weight excluding hydrogens is 256 g/mol. The number of ketones is 1. The van der Waals surface area contributed by atoms with E-state index in [0.717, 1.165) is 5.56 Å². The van der Waals surface area contributed by atoms with Gasteiger partial charge in [0.2, 0.25) is 5.78 Å². The van der Waals surface area contributed by atoms with E-state index in [1.807, 2.05) is 30.3 Å². The zero-order chi connectivity index (χ0) is 13.9. The lowest BCUT2D eigenvalue weighted by molar-refractivity contribution is 0.0961. The van der Waals surface area contributed by atoms with Gasteiger partial charge in [0.25, 0.3) is 0 Å². The van der Waals surface area contributed by atoms with Gasteiger partial charge in [-0.25, -0.2) is 0 Å². The molecule has 0 radical (unpaired) electrons. The second kappa shape index (κ2) is 5.35. The molecule has 1 atom stereocenters. The molecular formula is C16H14O4. The average molecular weight is 270 g/mol. The number of carbonyl (C=O) groups excluding carboxylic acids is 1. The number of hydrogen-bond acceptors (Lipinski definition) is 4. The fourth-order valence-corrected chi connectivity index (χ4v) is 2.11. The lowest BCUT2D eigenvalue weighted by atomic mass is 10.1. The van der Waals surface area contributed by atoms with Gasteiger partial charge in [-0.1, -0.05) is 30.3 Å². The van der Waals surface area contributed by atoms with Crippen LogP contribution in [0, 0.1) is 0 Å². The van der Waals surface area contributed by atoms with Crippen LogP contribution in [0.25, 0.3) is 0 Å². The largest absolute Gasteiger partial charge is 0.490 e. The summed E-state index contributed by atoms with van der Waals surface area (Å²) in [5.41, 5.74) is 1.39. The van der Waals surface area contributed by atoms with E-state index in [4.69, 9.17) is 9.47 Å². The van der Waals surface area contributed by atoms with Crippen LogP contribution in [-0.4, -0.2) is 24.1 Å². The van der Waals surface area contributed by atoms with Crippen LogP contribution in [0.3, 0.4) is 0 Å². The molecule has 4 heteroatoms. The molecule has 0 bridgehead atoms. The first-order chi connectivity index (χ1) is 9.74. The van der Waals surface area contributed by atoms with Crippen molar-refractivity contribution in [2.75, 3.05) is 13.2 Å². The molecule has 0 spiro atoms. The monoisotopic (exact) mass is 270 g/mol. The second-order valence-corrected chi connectivity index (χ2v) is 4.61. The van der Waals surface area contributed by atoms with E-state index in [2.05, 4.69) is 0 Å². The third kappa shape index (κ3) is 2.51. The van der Waals surface area contributed by atoms with Gasteiger partial charge in [-0.15, -0.1) is 0 Å². The maximum Gasteiger partial charge on any atom is 0.203 e. The molecule has 20 heavy (non-hydrogen) atoms. The normalized spacial score (nSPS) is 14.6. The van der Waals surface area contributed by atoms with E-state index < -0.39 is 6.10 Å². The molecule has 2 aromatic carbocycles. The third-order valence-corrected chi connectivity index (χ3v) is 3.20. The summed E-state index contributed by atoms with van der Waals surface area (Å²) in [5, 5.41) is 10.0. The lowest BCUT2D eigenvalue weighted by Gasteiger charge is -2.13. The van der Waals surface area contributed by atoms with E-state index >= 15 is 0 Å². The van der Waals surface area contributed by atoms with E-state index in [0.29, 0.717) is 17.1 Å². The zero-order valence-electron chi connectivity index (χ0n) is 10.8. The van der Waals surface area contributed by atoms with Gasteiger partial charge in [0.15, 0.2) is 6.61 Å². The minimum Gasteiger partial charge on any atom is -0.490 e. The van der Waals surface area contributed by atoms with Crippen molar-refractivity contribution >= 4 is 5.78 Å². The molecule has 1 aliphatic rings. The Morgan fingerprint density at radius 1 is 1.20 bits per heavy atom. The fourth-order valence-electron chi connectivity index (χ4n) is 2.11. The Bertz CT molecular complexity index is 622. The van der Waals surface area contributed by atoms with Gasteiger partial charge in [0.1, 0.15) is 24.2 Å². The molecule has 0 aromatic heterocycles. The van der Waals surface area contributed by atoms with Crippen LogP contribution >= 0.6 is 0 Å². The highest BCUT2D eigenvalue weighted by atomic mass is 16.5. The van der Waals surface area contributed by atoms with E-state index in [1.165, 1.54) is 0 Å². The van der Waals surface area contributed by atoms with Crippen LogP contribution in [0.2, 0.25) is 0 Å². The molecule has 0 saturated heterocycles. The highest BCUT2D eigenvalue weighted by molar-refractivity contribution is 6.02. The van der Waals surface area contributed by atoms with Gasteiger partial charge in [0.05, 0.1) is 5.56 Å². The highest BCUT2D eigenvalue weighted by Gasteiger charge is 2.21. The predicted molar refractivity (Wildman–Crippen MR) is 73.2 cm³/mol. The van der Waals surface area contributed by atoms with Gasteiger partial charge in [-0.05, 0) is 17.7 Å². The maximum absolute atomic E-state index is 11.4. The summed E-state index contributed by atoms with van der Waals surface area (Å²) < 4.78 is 10.8. The molecule has 4 nitrogen and oxygen atoms in total. The van der Waals surface area contributed by atoms with Gasteiger partial charge in [-0.2, -0.15) is 0 Å². The summed E-state index contributed by atoms with van der Waals surface area (Å²) in [7, 11) is 0. The molecule has 0 fully saturated rings. The van der Waals surface area contributed by atoms with Gasteiger partial charge >= 0.3 is 0 Å². The molecule has 1 N–H and O–H groups in total. The maximum atomic E-state index is 11.4. The summed E-state index contributed by atoms with van der Waals surface area (Å²) in [4.78, 5) is 11.4. The van der Waals surface area contributed by atoms with E-state index in [1.54, 1.807) is 18.2 Å². The van der Waals surface area contributed by atoms with Crippen molar-refractivity contribution in [3.8, 4) is 11.5 Å². The number of hydrogen-bond donors (Lipinski definition) is 1. The Morgan fingerprint density at radius 3 is 2.80 bits per heavy atom. The minimum atomic E-state index is -0.688. The smallest absolute Gasteiger partial charge is 0.203 e. The molecule has 3 rings (SSSR count). The first kappa shape index (κ1) is 12.7. The predicted octanol–water partition coefficient (Wildman–Crippen LogP) is 2.37.